The maximum absolute atomic E-state index is 3.57. The van der Waals surface area contributed by atoms with Gasteiger partial charge in [-0.2, -0.15) is 0 Å². The lowest BCUT2D eigenvalue weighted by Crippen LogP contribution is -1.72. The Labute approximate surface area is 78.0 Å². The summed E-state index contributed by atoms with van der Waals surface area (Å²) in [6, 6.07) is 0. The Morgan fingerprint density at radius 1 is 0.583 bits per heavy atom. The zero-order chi connectivity index (χ0) is 8.23. The maximum Gasteiger partial charge on any atom is -0.0214 e. The normalized spacial score (nSPS) is 25.7. The van der Waals surface area contributed by atoms with E-state index in [0.717, 1.165) is 0 Å². The first-order valence-corrected chi connectivity index (χ1v) is 8.39. The van der Waals surface area contributed by atoms with Crippen LogP contribution in [-0.2, 0) is 0 Å². The molecule has 2 rings (SSSR count). The molecule has 0 aliphatic carbocycles. The molecule has 0 aromatic heterocycles. The van der Waals surface area contributed by atoms with Crippen molar-refractivity contribution < 1.29 is 0 Å². The second kappa shape index (κ2) is 4.60. The van der Waals surface area contributed by atoms with E-state index in [2.05, 4.69) is 11.3 Å². The lowest BCUT2D eigenvalue weighted by atomic mass is 10.4. The van der Waals surface area contributed by atoms with E-state index < -0.39 is 0 Å². The molecule has 0 aromatic rings. The van der Waals surface area contributed by atoms with Crippen molar-refractivity contribution in [2.75, 3.05) is 24.6 Å². The van der Waals surface area contributed by atoms with E-state index in [1.54, 1.807) is 0 Å². The van der Waals surface area contributed by atoms with Gasteiger partial charge in [-0.05, 0) is 66.2 Å². The Hall–Kier alpha value is 0.420. The molecule has 2 fully saturated rings. The summed E-state index contributed by atoms with van der Waals surface area (Å²) in [4.78, 5) is 0. The smallest absolute Gasteiger partial charge is 0.0214 e. The maximum atomic E-state index is 3.57. The number of rotatable bonds is 0. The van der Waals surface area contributed by atoms with Crippen LogP contribution in [0.4, 0.5) is 0 Å². The molecule has 0 saturated carbocycles. The van der Waals surface area contributed by atoms with Crippen molar-refractivity contribution in [3.63, 3.8) is 0 Å². The molecule has 0 spiro atoms. The molecule has 2 aliphatic rings. The monoisotopic (exact) mass is 198 g/mol. The molecule has 0 amide bonds. The summed E-state index contributed by atoms with van der Waals surface area (Å²) >= 11 is 0. The molecule has 12 heavy (non-hydrogen) atoms. The molecule has 2 aliphatic heterocycles. The Balaban J connectivity index is 1.81. The Morgan fingerprint density at radius 3 is 1.25 bits per heavy atom. The standard InChI is InChI=1S/C10H16P2/c1-2-6-11(5-1)9-10-12-7-3-4-8-12/h1-8H2. The van der Waals surface area contributed by atoms with Crippen LogP contribution >= 0.6 is 15.8 Å². The first-order valence-electron chi connectivity index (χ1n) is 4.96. The van der Waals surface area contributed by atoms with Crippen molar-refractivity contribution in [3.8, 4) is 11.3 Å². The molecule has 0 radical (unpaired) electrons. The third-order valence-corrected chi connectivity index (χ3v) is 7.04. The highest BCUT2D eigenvalue weighted by molar-refractivity contribution is 7.66. The molecule has 2 heteroatoms. The summed E-state index contributed by atoms with van der Waals surface area (Å²) in [5.74, 6) is 0. The highest BCUT2D eigenvalue weighted by Crippen LogP contribution is 2.46. The third-order valence-electron chi connectivity index (χ3n) is 2.58. The van der Waals surface area contributed by atoms with Gasteiger partial charge in [0.2, 0.25) is 0 Å². The van der Waals surface area contributed by atoms with Crippen molar-refractivity contribution in [2.24, 2.45) is 0 Å². The highest BCUT2D eigenvalue weighted by atomic mass is 31.1. The summed E-state index contributed by atoms with van der Waals surface area (Å²) in [7, 11) is 0.388. The second-order valence-corrected chi connectivity index (χ2v) is 8.01. The predicted molar refractivity (Wildman–Crippen MR) is 59.6 cm³/mol. The lowest BCUT2D eigenvalue weighted by molar-refractivity contribution is 0.949. The lowest BCUT2D eigenvalue weighted by Gasteiger charge is -1.99. The summed E-state index contributed by atoms with van der Waals surface area (Å²) in [6.07, 6.45) is 11.6. The van der Waals surface area contributed by atoms with Crippen LogP contribution < -0.4 is 0 Å². The number of hydrogen-bond acceptors (Lipinski definition) is 0. The molecule has 66 valence electrons. The minimum absolute atomic E-state index is 0.194. The molecule has 0 aromatic carbocycles. The summed E-state index contributed by atoms with van der Waals surface area (Å²) in [5.41, 5.74) is 7.13. The summed E-state index contributed by atoms with van der Waals surface area (Å²) < 4.78 is 0. The zero-order valence-electron chi connectivity index (χ0n) is 7.55. The van der Waals surface area contributed by atoms with E-state index in [-0.39, 0.29) is 15.8 Å². The van der Waals surface area contributed by atoms with Gasteiger partial charge in [-0.1, -0.05) is 11.3 Å². The fourth-order valence-electron chi connectivity index (χ4n) is 1.80. The molecule has 0 nitrogen and oxygen atoms in total. The van der Waals surface area contributed by atoms with Crippen molar-refractivity contribution in [3.05, 3.63) is 0 Å². The van der Waals surface area contributed by atoms with E-state index in [1.807, 2.05) is 0 Å². The highest BCUT2D eigenvalue weighted by Gasteiger charge is 2.14. The molecule has 0 atom stereocenters. The van der Waals surface area contributed by atoms with Gasteiger partial charge in [0, 0.05) is 0 Å². The van der Waals surface area contributed by atoms with Gasteiger partial charge in [-0.25, -0.2) is 0 Å². The Bertz CT molecular complexity index is 170. The van der Waals surface area contributed by atoms with Gasteiger partial charge >= 0.3 is 0 Å². The molecule has 2 heterocycles. The fraction of sp³-hybridized carbons (Fsp3) is 0.800. The predicted octanol–water partition coefficient (Wildman–Crippen LogP) is 3.46. The van der Waals surface area contributed by atoms with E-state index in [4.69, 9.17) is 0 Å². The van der Waals surface area contributed by atoms with Crippen LogP contribution in [0.15, 0.2) is 0 Å². The van der Waals surface area contributed by atoms with Crippen LogP contribution in [0.2, 0.25) is 0 Å². The minimum Gasteiger partial charge on any atom is -0.0721 e. The Kier molecular flexibility index (Phi) is 3.45. The summed E-state index contributed by atoms with van der Waals surface area (Å²) in [5, 5.41) is 0. The quantitative estimate of drug-likeness (QED) is 0.413. The second-order valence-electron chi connectivity index (χ2n) is 3.61. The van der Waals surface area contributed by atoms with Gasteiger partial charge in [-0.3, -0.25) is 0 Å². The van der Waals surface area contributed by atoms with Gasteiger partial charge in [0.1, 0.15) is 0 Å². The van der Waals surface area contributed by atoms with Crippen molar-refractivity contribution >= 4 is 15.8 Å². The van der Waals surface area contributed by atoms with Gasteiger partial charge < -0.3 is 0 Å². The van der Waals surface area contributed by atoms with E-state index >= 15 is 0 Å². The minimum atomic E-state index is 0.194. The van der Waals surface area contributed by atoms with Crippen molar-refractivity contribution in [1.29, 1.82) is 0 Å². The largest absolute Gasteiger partial charge is 0.0721 e. The van der Waals surface area contributed by atoms with Crippen LogP contribution in [-0.4, -0.2) is 24.6 Å². The van der Waals surface area contributed by atoms with Crippen LogP contribution in [0.3, 0.4) is 0 Å². The van der Waals surface area contributed by atoms with E-state index in [0.29, 0.717) is 0 Å². The van der Waals surface area contributed by atoms with Crippen LogP contribution in [0.25, 0.3) is 0 Å². The first kappa shape index (κ1) is 8.99. The zero-order valence-corrected chi connectivity index (χ0v) is 9.34. The molecular formula is C10H16P2. The average Bonchev–Trinajstić information content (AvgIpc) is 2.74. The van der Waals surface area contributed by atoms with E-state index in [9.17, 15) is 0 Å². The summed E-state index contributed by atoms with van der Waals surface area (Å²) in [6.45, 7) is 0. The fourth-order valence-corrected chi connectivity index (χ4v) is 6.25. The molecular weight excluding hydrogens is 182 g/mol. The first-order chi connectivity index (χ1) is 5.95. The Morgan fingerprint density at radius 2 is 0.917 bits per heavy atom. The topological polar surface area (TPSA) is 0 Å². The molecule has 0 N–H and O–H groups in total. The number of hydrogen-bond donors (Lipinski definition) is 0. The van der Waals surface area contributed by atoms with Crippen molar-refractivity contribution in [2.45, 2.75) is 25.7 Å². The van der Waals surface area contributed by atoms with Crippen LogP contribution in [0.5, 0.6) is 0 Å². The van der Waals surface area contributed by atoms with Gasteiger partial charge in [-0.15, -0.1) is 0 Å². The molecule has 0 bridgehead atoms. The SMILES string of the molecule is C(#CP1CCCC1)P1CCCC1. The van der Waals surface area contributed by atoms with Crippen LogP contribution in [0, 0.1) is 11.3 Å². The van der Waals surface area contributed by atoms with Gasteiger partial charge in [0.15, 0.2) is 0 Å². The van der Waals surface area contributed by atoms with Crippen molar-refractivity contribution in [1.82, 2.24) is 0 Å². The van der Waals surface area contributed by atoms with E-state index in [1.165, 1.54) is 50.3 Å². The molecule has 2 saturated heterocycles. The third kappa shape index (κ3) is 2.45. The molecule has 0 unspecified atom stereocenters. The van der Waals surface area contributed by atoms with Gasteiger partial charge in [0.05, 0.1) is 0 Å². The average molecular weight is 198 g/mol. The van der Waals surface area contributed by atoms with Gasteiger partial charge in [0.25, 0.3) is 0 Å². The van der Waals surface area contributed by atoms with Crippen LogP contribution in [0.1, 0.15) is 25.7 Å².